The lowest BCUT2D eigenvalue weighted by Gasteiger charge is -2.25. The van der Waals surface area contributed by atoms with Crippen LogP contribution >= 0.6 is 0 Å². The van der Waals surface area contributed by atoms with Gasteiger partial charge in [-0.05, 0) is 26.2 Å². The summed E-state index contributed by atoms with van der Waals surface area (Å²) >= 11 is 0. The lowest BCUT2D eigenvalue weighted by atomic mass is 9.76. The highest BCUT2D eigenvalue weighted by Crippen LogP contribution is 2.52. The van der Waals surface area contributed by atoms with Gasteiger partial charge in [-0.1, -0.05) is 44.0 Å². The van der Waals surface area contributed by atoms with Gasteiger partial charge in [-0.3, -0.25) is 14.5 Å². The molecule has 152 valence electrons. The van der Waals surface area contributed by atoms with Crippen molar-refractivity contribution >= 4 is 17.6 Å². The van der Waals surface area contributed by atoms with Gasteiger partial charge < -0.3 is 14.6 Å². The Kier molecular flexibility index (Phi) is 4.81. The Bertz CT molecular complexity index is 801. The van der Waals surface area contributed by atoms with E-state index in [1.165, 1.54) is 0 Å². The third kappa shape index (κ3) is 3.15. The lowest BCUT2D eigenvalue weighted by Crippen LogP contribution is -2.46. The number of hydrogen-bond acceptors (Lipinski definition) is 5. The Morgan fingerprint density at radius 2 is 2.18 bits per heavy atom. The summed E-state index contributed by atoms with van der Waals surface area (Å²) in [5, 5.41) is 7.08. The van der Waals surface area contributed by atoms with Gasteiger partial charge in [0.25, 0.3) is 0 Å². The van der Waals surface area contributed by atoms with E-state index >= 15 is 0 Å². The number of rotatable bonds is 7. The fraction of sp³-hybridized carbons (Fsp3) is 0.667. The van der Waals surface area contributed by atoms with Crippen molar-refractivity contribution in [2.45, 2.75) is 64.7 Å². The maximum Gasteiger partial charge on any atom is 0.235 e. The van der Waals surface area contributed by atoms with Crippen molar-refractivity contribution in [2.75, 3.05) is 11.4 Å². The van der Waals surface area contributed by atoms with Gasteiger partial charge >= 0.3 is 0 Å². The molecule has 0 aromatic carbocycles. The van der Waals surface area contributed by atoms with Crippen molar-refractivity contribution in [2.24, 2.45) is 17.8 Å². The molecule has 5 unspecified atom stereocenters. The molecular weight excluding hydrogens is 358 g/mol. The average molecular weight is 387 g/mol. The van der Waals surface area contributed by atoms with Crippen LogP contribution in [0, 0.1) is 24.7 Å². The maximum atomic E-state index is 13.2. The molecule has 0 saturated carbocycles. The van der Waals surface area contributed by atoms with E-state index in [-0.39, 0.29) is 24.0 Å². The molecule has 5 atom stereocenters. The van der Waals surface area contributed by atoms with Crippen LogP contribution in [-0.2, 0) is 14.3 Å². The second-order valence-corrected chi connectivity index (χ2v) is 8.85. The van der Waals surface area contributed by atoms with E-state index in [2.05, 4.69) is 24.3 Å². The largest absolute Gasteiger partial charge is 0.360 e. The lowest BCUT2D eigenvalue weighted by molar-refractivity contribution is -0.132. The molecule has 1 spiro atoms. The third-order valence-electron chi connectivity index (χ3n) is 6.10. The van der Waals surface area contributed by atoms with Gasteiger partial charge in [0.2, 0.25) is 11.8 Å². The van der Waals surface area contributed by atoms with Crippen LogP contribution in [0.5, 0.6) is 0 Å². The Balaban J connectivity index is 1.46. The Labute approximate surface area is 165 Å². The number of anilines is 1. The maximum absolute atomic E-state index is 13.2. The van der Waals surface area contributed by atoms with Crippen LogP contribution in [-0.4, -0.2) is 41.3 Å². The van der Waals surface area contributed by atoms with Gasteiger partial charge in [0.15, 0.2) is 5.82 Å². The minimum Gasteiger partial charge on any atom is -0.360 e. The minimum atomic E-state index is -0.739. The fourth-order valence-electron chi connectivity index (χ4n) is 4.72. The number of carbonyl (C=O) groups is 2. The van der Waals surface area contributed by atoms with Crippen LogP contribution in [0.3, 0.4) is 0 Å². The van der Waals surface area contributed by atoms with Crippen LogP contribution in [0.1, 0.15) is 45.8 Å². The predicted octanol–water partition coefficient (Wildman–Crippen LogP) is 2.60. The summed E-state index contributed by atoms with van der Waals surface area (Å²) in [6, 6.07) is 1.81. The molecule has 1 N–H and O–H groups in total. The zero-order chi connectivity index (χ0) is 20.1. The summed E-state index contributed by atoms with van der Waals surface area (Å²) in [5.74, 6) is 0.563. The highest BCUT2D eigenvalue weighted by Gasteiger charge is 2.67. The van der Waals surface area contributed by atoms with Crippen molar-refractivity contribution in [3.63, 3.8) is 0 Å². The molecule has 1 aromatic rings. The summed E-state index contributed by atoms with van der Waals surface area (Å²) in [7, 11) is 0. The molecule has 4 heterocycles. The molecular formula is C21H29N3O4. The van der Waals surface area contributed by atoms with Gasteiger partial charge in [0, 0.05) is 12.1 Å². The topological polar surface area (TPSA) is 84.7 Å². The summed E-state index contributed by atoms with van der Waals surface area (Å²) in [5.41, 5.74) is -0.739. The summed E-state index contributed by atoms with van der Waals surface area (Å²) in [4.78, 5) is 27.8. The monoisotopic (exact) mass is 387 g/mol. The molecule has 2 bridgehead atoms. The number of amides is 2. The molecule has 0 radical (unpaired) electrons. The molecule has 7 heteroatoms. The quantitative estimate of drug-likeness (QED) is 0.727. The highest BCUT2D eigenvalue weighted by molar-refractivity contribution is 6.02. The number of aromatic nitrogens is 1. The van der Waals surface area contributed by atoms with E-state index in [1.807, 2.05) is 19.1 Å². The van der Waals surface area contributed by atoms with Crippen LogP contribution in [0.15, 0.2) is 22.7 Å². The third-order valence-corrected chi connectivity index (χ3v) is 6.10. The first-order valence-corrected chi connectivity index (χ1v) is 10.2. The van der Waals surface area contributed by atoms with Crippen molar-refractivity contribution in [1.29, 1.82) is 0 Å². The van der Waals surface area contributed by atoms with Crippen molar-refractivity contribution in [3.8, 4) is 0 Å². The summed E-state index contributed by atoms with van der Waals surface area (Å²) < 4.78 is 11.3. The van der Waals surface area contributed by atoms with Gasteiger partial charge in [-0.2, -0.15) is 0 Å². The normalized spacial score (nSPS) is 31.7. The molecule has 4 rings (SSSR count). The van der Waals surface area contributed by atoms with E-state index in [0.717, 1.165) is 19.3 Å². The first kappa shape index (κ1) is 19.2. The van der Waals surface area contributed by atoms with Gasteiger partial charge in [-0.25, -0.2) is 0 Å². The number of carbonyl (C=O) groups excluding carboxylic acids is 2. The van der Waals surface area contributed by atoms with E-state index in [4.69, 9.17) is 9.26 Å². The van der Waals surface area contributed by atoms with Crippen molar-refractivity contribution in [1.82, 2.24) is 10.5 Å². The molecule has 3 aliphatic rings. The summed E-state index contributed by atoms with van der Waals surface area (Å²) in [6.07, 6.45) is 6.70. The van der Waals surface area contributed by atoms with Crippen LogP contribution in [0.4, 0.5) is 5.82 Å². The smallest absolute Gasteiger partial charge is 0.235 e. The molecule has 0 aliphatic carbocycles. The Morgan fingerprint density at radius 1 is 1.39 bits per heavy atom. The van der Waals surface area contributed by atoms with Gasteiger partial charge in [-0.15, -0.1) is 0 Å². The molecule has 28 heavy (non-hydrogen) atoms. The SMILES string of the molecule is Cc1cc(N2CC34C=CC(O3)C(C(=O)NC(C)CCCC(C)C)C4C2=O)no1. The summed E-state index contributed by atoms with van der Waals surface area (Å²) in [6.45, 7) is 8.59. The second-order valence-electron chi connectivity index (χ2n) is 8.85. The van der Waals surface area contributed by atoms with Crippen LogP contribution in [0.2, 0.25) is 0 Å². The van der Waals surface area contributed by atoms with E-state index in [9.17, 15) is 9.59 Å². The average Bonchev–Trinajstić information content (AvgIpc) is 3.35. The Morgan fingerprint density at radius 3 is 2.86 bits per heavy atom. The fourth-order valence-corrected chi connectivity index (χ4v) is 4.72. The molecule has 1 aromatic heterocycles. The molecule has 2 fully saturated rings. The highest BCUT2D eigenvalue weighted by atomic mass is 16.5. The molecule has 2 saturated heterocycles. The Hall–Kier alpha value is -2.15. The molecule has 3 aliphatic heterocycles. The zero-order valence-corrected chi connectivity index (χ0v) is 17.0. The first-order valence-electron chi connectivity index (χ1n) is 10.2. The molecule has 2 amide bonds. The van der Waals surface area contributed by atoms with E-state index in [1.54, 1.807) is 17.9 Å². The second kappa shape index (κ2) is 7.03. The van der Waals surface area contributed by atoms with Crippen LogP contribution < -0.4 is 10.2 Å². The van der Waals surface area contributed by atoms with Crippen LogP contribution in [0.25, 0.3) is 0 Å². The first-order chi connectivity index (χ1) is 13.3. The number of ether oxygens (including phenoxy) is 1. The van der Waals surface area contributed by atoms with Crippen molar-refractivity contribution in [3.05, 3.63) is 24.0 Å². The predicted molar refractivity (Wildman–Crippen MR) is 104 cm³/mol. The van der Waals surface area contributed by atoms with E-state index < -0.39 is 17.4 Å². The molecule has 7 nitrogen and oxygen atoms in total. The standard InChI is InChI=1S/C21H29N3O4/c1-12(2)6-5-7-13(3)22-19(25)17-15-8-9-21(27-15)11-24(20(26)18(17)21)16-10-14(4)28-23-16/h8-10,12-13,15,17-18H,5-7,11H2,1-4H3,(H,22,25). The number of fused-ring (bicyclic) bond motifs is 1. The number of aryl methyl sites for hydroxylation is 1. The van der Waals surface area contributed by atoms with Gasteiger partial charge in [0.05, 0.1) is 24.5 Å². The van der Waals surface area contributed by atoms with E-state index in [0.29, 0.717) is 24.0 Å². The zero-order valence-electron chi connectivity index (χ0n) is 17.0. The number of nitrogens with one attached hydrogen (secondary N) is 1. The number of nitrogens with zero attached hydrogens (tertiary/aromatic N) is 2. The van der Waals surface area contributed by atoms with Crippen molar-refractivity contribution < 1.29 is 18.8 Å². The van der Waals surface area contributed by atoms with Gasteiger partial charge in [0.1, 0.15) is 11.4 Å². The number of hydrogen-bond donors (Lipinski definition) is 1. The minimum absolute atomic E-state index is 0.0797.